The lowest BCUT2D eigenvalue weighted by Gasteiger charge is -2.17. The number of carbonyl (C=O) groups is 1. The predicted molar refractivity (Wildman–Crippen MR) is 89.3 cm³/mol. The number of phenolic OH excluding ortho intramolecular Hbond substituents is 1. The monoisotopic (exact) mass is 295 g/mol. The van der Waals surface area contributed by atoms with Gasteiger partial charge in [0.15, 0.2) is 0 Å². The standard InChI is InChI=1S/C19H21NO2/c1-20(15-17-11-7-12-18(21)14-17)19(22)13-6-5-10-16-8-3-2-4-9-16/h2-5,7-12,14,21H,6,13,15H2,1H3. The quantitative estimate of drug-likeness (QED) is 0.879. The molecule has 0 aliphatic carbocycles. The van der Waals surface area contributed by atoms with Gasteiger partial charge in [0.05, 0.1) is 0 Å². The average molecular weight is 295 g/mol. The Morgan fingerprint density at radius 3 is 2.64 bits per heavy atom. The van der Waals surface area contributed by atoms with Crippen molar-refractivity contribution in [1.82, 2.24) is 4.90 Å². The van der Waals surface area contributed by atoms with Gasteiger partial charge in [-0.2, -0.15) is 0 Å². The fourth-order valence-electron chi connectivity index (χ4n) is 2.20. The van der Waals surface area contributed by atoms with Gasteiger partial charge in [0.1, 0.15) is 5.75 Å². The molecule has 0 fully saturated rings. The van der Waals surface area contributed by atoms with E-state index in [9.17, 15) is 9.90 Å². The first kappa shape index (κ1) is 15.8. The highest BCUT2D eigenvalue weighted by atomic mass is 16.3. The molecule has 2 aromatic rings. The Kier molecular flexibility index (Phi) is 5.78. The number of hydrogen-bond acceptors (Lipinski definition) is 2. The van der Waals surface area contributed by atoms with Crippen LogP contribution in [0, 0.1) is 0 Å². The van der Waals surface area contributed by atoms with Gasteiger partial charge in [0.25, 0.3) is 0 Å². The number of rotatable bonds is 6. The van der Waals surface area contributed by atoms with Gasteiger partial charge in [-0.3, -0.25) is 4.79 Å². The second-order valence-corrected chi connectivity index (χ2v) is 5.27. The van der Waals surface area contributed by atoms with E-state index in [1.165, 1.54) is 0 Å². The maximum Gasteiger partial charge on any atom is 0.222 e. The summed E-state index contributed by atoms with van der Waals surface area (Å²) in [6.45, 7) is 0.510. The van der Waals surface area contributed by atoms with E-state index >= 15 is 0 Å². The molecule has 0 bridgehead atoms. The van der Waals surface area contributed by atoms with Crippen molar-refractivity contribution >= 4 is 12.0 Å². The Bertz CT molecular complexity index is 635. The van der Waals surface area contributed by atoms with Crippen LogP contribution in [0.3, 0.4) is 0 Å². The van der Waals surface area contributed by atoms with Gasteiger partial charge < -0.3 is 10.0 Å². The summed E-state index contributed by atoms with van der Waals surface area (Å²) in [7, 11) is 1.79. The third kappa shape index (κ3) is 5.09. The number of nitrogens with zero attached hydrogens (tertiary/aromatic N) is 1. The lowest BCUT2D eigenvalue weighted by molar-refractivity contribution is -0.130. The number of allylic oxidation sites excluding steroid dienone is 1. The summed E-state index contributed by atoms with van der Waals surface area (Å²) in [6, 6.07) is 17.0. The van der Waals surface area contributed by atoms with Crippen molar-refractivity contribution in [3.8, 4) is 5.75 Å². The number of benzene rings is 2. The fourth-order valence-corrected chi connectivity index (χ4v) is 2.20. The van der Waals surface area contributed by atoms with Gasteiger partial charge in [0, 0.05) is 20.0 Å². The molecule has 0 atom stereocenters. The first-order valence-electron chi connectivity index (χ1n) is 7.38. The summed E-state index contributed by atoms with van der Waals surface area (Å²) < 4.78 is 0. The van der Waals surface area contributed by atoms with Crippen molar-refractivity contribution < 1.29 is 9.90 Å². The maximum absolute atomic E-state index is 12.1. The highest BCUT2D eigenvalue weighted by Crippen LogP contribution is 2.13. The summed E-state index contributed by atoms with van der Waals surface area (Å²) in [5.41, 5.74) is 2.07. The zero-order valence-electron chi connectivity index (χ0n) is 12.8. The maximum atomic E-state index is 12.1. The lowest BCUT2D eigenvalue weighted by atomic mass is 10.1. The van der Waals surface area contributed by atoms with E-state index in [1.54, 1.807) is 30.1 Å². The van der Waals surface area contributed by atoms with Crippen LogP contribution in [0.15, 0.2) is 60.7 Å². The van der Waals surface area contributed by atoms with Crippen molar-refractivity contribution in [3.05, 3.63) is 71.8 Å². The number of hydrogen-bond donors (Lipinski definition) is 1. The largest absolute Gasteiger partial charge is 0.508 e. The second-order valence-electron chi connectivity index (χ2n) is 5.27. The molecule has 3 heteroatoms. The van der Waals surface area contributed by atoms with Crippen LogP contribution in [0.25, 0.3) is 6.08 Å². The zero-order valence-corrected chi connectivity index (χ0v) is 12.8. The minimum Gasteiger partial charge on any atom is -0.508 e. The molecule has 0 saturated heterocycles. The van der Waals surface area contributed by atoms with Crippen LogP contribution in [0.1, 0.15) is 24.0 Å². The Morgan fingerprint density at radius 2 is 1.91 bits per heavy atom. The number of phenols is 1. The average Bonchev–Trinajstić information content (AvgIpc) is 2.52. The highest BCUT2D eigenvalue weighted by molar-refractivity contribution is 5.76. The number of carbonyl (C=O) groups excluding carboxylic acids is 1. The second kappa shape index (κ2) is 8.03. The summed E-state index contributed by atoms with van der Waals surface area (Å²) in [5.74, 6) is 0.324. The Morgan fingerprint density at radius 1 is 1.14 bits per heavy atom. The molecule has 1 N–H and O–H groups in total. The van der Waals surface area contributed by atoms with Gasteiger partial charge in [0.2, 0.25) is 5.91 Å². The van der Waals surface area contributed by atoms with E-state index in [-0.39, 0.29) is 11.7 Å². The van der Waals surface area contributed by atoms with Crippen LogP contribution in [0.4, 0.5) is 0 Å². The molecule has 0 unspecified atom stereocenters. The fraction of sp³-hybridized carbons (Fsp3) is 0.211. The molecule has 0 heterocycles. The van der Waals surface area contributed by atoms with E-state index in [2.05, 4.69) is 0 Å². The molecule has 0 aromatic heterocycles. The molecule has 3 nitrogen and oxygen atoms in total. The summed E-state index contributed by atoms with van der Waals surface area (Å²) >= 11 is 0. The van der Waals surface area contributed by atoms with Crippen LogP contribution < -0.4 is 0 Å². The molecular formula is C19H21NO2. The smallest absolute Gasteiger partial charge is 0.222 e. The van der Waals surface area contributed by atoms with Crippen molar-refractivity contribution in [2.75, 3.05) is 7.05 Å². The first-order valence-corrected chi connectivity index (χ1v) is 7.38. The Hall–Kier alpha value is -2.55. The summed E-state index contributed by atoms with van der Waals surface area (Å²) in [4.78, 5) is 13.8. The van der Waals surface area contributed by atoms with Gasteiger partial charge in [-0.15, -0.1) is 0 Å². The zero-order chi connectivity index (χ0) is 15.8. The molecule has 0 spiro atoms. The normalized spacial score (nSPS) is 10.8. The third-order valence-corrected chi connectivity index (χ3v) is 3.39. The molecule has 0 saturated carbocycles. The van der Waals surface area contributed by atoms with Crippen LogP contribution in [-0.2, 0) is 11.3 Å². The molecular weight excluding hydrogens is 274 g/mol. The van der Waals surface area contributed by atoms with Crippen molar-refractivity contribution in [1.29, 1.82) is 0 Å². The van der Waals surface area contributed by atoms with Crippen LogP contribution in [0.5, 0.6) is 5.75 Å². The molecule has 22 heavy (non-hydrogen) atoms. The van der Waals surface area contributed by atoms with Gasteiger partial charge >= 0.3 is 0 Å². The van der Waals surface area contributed by atoms with E-state index in [1.807, 2.05) is 48.6 Å². The van der Waals surface area contributed by atoms with E-state index < -0.39 is 0 Å². The Balaban J connectivity index is 1.78. The SMILES string of the molecule is CN(Cc1cccc(O)c1)C(=O)CCC=Cc1ccccc1. The molecule has 0 aliphatic heterocycles. The van der Waals surface area contributed by atoms with E-state index in [4.69, 9.17) is 0 Å². The molecule has 2 aromatic carbocycles. The Labute approximate surface area is 131 Å². The summed E-state index contributed by atoms with van der Waals surface area (Å²) in [6.07, 6.45) is 5.26. The highest BCUT2D eigenvalue weighted by Gasteiger charge is 2.08. The van der Waals surface area contributed by atoms with Crippen LogP contribution >= 0.6 is 0 Å². The van der Waals surface area contributed by atoms with Gasteiger partial charge in [-0.05, 0) is 29.7 Å². The first-order chi connectivity index (χ1) is 10.6. The summed E-state index contributed by atoms with van der Waals surface area (Å²) in [5, 5.41) is 9.43. The lowest BCUT2D eigenvalue weighted by Crippen LogP contribution is -2.25. The molecule has 2 rings (SSSR count). The van der Waals surface area contributed by atoms with Gasteiger partial charge in [-0.25, -0.2) is 0 Å². The minimum absolute atomic E-state index is 0.0982. The predicted octanol–water partition coefficient (Wildman–Crippen LogP) is 3.84. The van der Waals surface area contributed by atoms with Crippen molar-refractivity contribution in [2.45, 2.75) is 19.4 Å². The number of amides is 1. The molecule has 1 amide bonds. The van der Waals surface area contributed by atoms with Crippen LogP contribution in [-0.4, -0.2) is 23.0 Å². The van der Waals surface area contributed by atoms with E-state index in [0.717, 1.165) is 17.5 Å². The minimum atomic E-state index is 0.0982. The van der Waals surface area contributed by atoms with Crippen molar-refractivity contribution in [2.24, 2.45) is 0 Å². The topological polar surface area (TPSA) is 40.5 Å². The number of aromatic hydroxyl groups is 1. The molecule has 0 aliphatic rings. The van der Waals surface area contributed by atoms with Gasteiger partial charge in [-0.1, -0.05) is 54.6 Å². The third-order valence-electron chi connectivity index (χ3n) is 3.39. The molecule has 114 valence electrons. The van der Waals surface area contributed by atoms with Crippen molar-refractivity contribution in [3.63, 3.8) is 0 Å². The van der Waals surface area contributed by atoms with Crippen LogP contribution in [0.2, 0.25) is 0 Å². The molecule has 0 radical (unpaired) electrons. The van der Waals surface area contributed by atoms with E-state index in [0.29, 0.717) is 13.0 Å².